The van der Waals surface area contributed by atoms with Crippen LogP contribution in [-0.4, -0.2) is 23.2 Å². The molecule has 1 aliphatic heterocycles. The molecule has 4 heteroatoms. The molecule has 0 spiro atoms. The Morgan fingerprint density at radius 1 is 1.35 bits per heavy atom. The second-order valence-corrected chi connectivity index (χ2v) is 5.54. The van der Waals surface area contributed by atoms with E-state index in [9.17, 15) is 10.1 Å². The summed E-state index contributed by atoms with van der Waals surface area (Å²) in [5.41, 5.74) is 0.0823. The van der Waals surface area contributed by atoms with Crippen LogP contribution in [0.2, 0.25) is 0 Å². The molecule has 1 heterocycles. The lowest BCUT2D eigenvalue weighted by Gasteiger charge is -2.22. The summed E-state index contributed by atoms with van der Waals surface area (Å²) in [7, 11) is 0. The summed E-state index contributed by atoms with van der Waals surface area (Å²) in [6.45, 7) is 2.62. The number of fused-ring (bicyclic) bond motifs is 1. The van der Waals surface area contributed by atoms with Crippen molar-refractivity contribution < 1.29 is 4.79 Å². The second-order valence-electron chi connectivity index (χ2n) is 5.54. The Labute approximate surface area is 118 Å². The molecule has 4 nitrogen and oxygen atoms in total. The summed E-state index contributed by atoms with van der Waals surface area (Å²) < 4.78 is 0. The molecule has 2 fully saturated rings. The van der Waals surface area contributed by atoms with Gasteiger partial charge in [-0.05, 0) is 12.0 Å². The molecule has 1 amide bonds. The van der Waals surface area contributed by atoms with E-state index < -0.39 is 5.41 Å². The number of piperidine rings is 1. The summed E-state index contributed by atoms with van der Waals surface area (Å²) in [6, 6.07) is 11.9. The fourth-order valence-corrected chi connectivity index (χ4v) is 3.37. The van der Waals surface area contributed by atoms with Crippen molar-refractivity contribution in [2.24, 2.45) is 11.3 Å². The van der Waals surface area contributed by atoms with Crippen molar-refractivity contribution in [2.75, 3.05) is 6.54 Å². The van der Waals surface area contributed by atoms with Gasteiger partial charge in [-0.2, -0.15) is 5.26 Å². The van der Waals surface area contributed by atoms with E-state index in [-0.39, 0.29) is 23.6 Å². The molecule has 1 aliphatic carbocycles. The first-order chi connectivity index (χ1) is 9.68. The van der Waals surface area contributed by atoms with Crippen LogP contribution >= 0.6 is 0 Å². The van der Waals surface area contributed by atoms with Crippen LogP contribution in [0.25, 0.3) is 0 Å². The number of carbonyl (C=O) groups is 1. The van der Waals surface area contributed by atoms with Crippen molar-refractivity contribution >= 4 is 11.7 Å². The number of amidine groups is 1. The van der Waals surface area contributed by atoms with Gasteiger partial charge in [0.05, 0.1) is 12.0 Å². The first-order valence-corrected chi connectivity index (χ1v) is 7.05. The van der Waals surface area contributed by atoms with Crippen LogP contribution in [0.3, 0.4) is 0 Å². The third-order valence-electron chi connectivity index (χ3n) is 4.48. The zero-order valence-corrected chi connectivity index (χ0v) is 11.5. The van der Waals surface area contributed by atoms with Crippen LogP contribution < -0.4 is 0 Å². The average molecular weight is 267 g/mol. The van der Waals surface area contributed by atoms with Gasteiger partial charge >= 0.3 is 0 Å². The molecule has 1 aromatic carbocycles. The summed E-state index contributed by atoms with van der Waals surface area (Å²) >= 11 is 0. The Balaban J connectivity index is 1.91. The van der Waals surface area contributed by atoms with Gasteiger partial charge in [-0.1, -0.05) is 43.7 Å². The lowest BCUT2D eigenvalue weighted by molar-refractivity contribution is -0.127. The van der Waals surface area contributed by atoms with Gasteiger partial charge in [0.2, 0.25) is 5.91 Å². The minimum absolute atomic E-state index is 0.0427. The summed E-state index contributed by atoms with van der Waals surface area (Å²) in [4.78, 5) is 14.0. The lowest BCUT2D eigenvalue weighted by Crippen LogP contribution is -2.36. The molecular formula is C16H17N3O. The Morgan fingerprint density at radius 3 is 2.60 bits per heavy atom. The number of carbonyl (C=O) groups excluding carboxylic acids is 1. The van der Waals surface area contributed by atoms with E-state index in [0.717, 1.165) is 18.4 Å². The van der Waals surface area contributed by atoms with Gasteiger partial charge in [0, 0.05) is 12.5 Å². The SMILES string of the molecule is CCCCN1C(=N)[C@]2(C#N)[C@H](C1=O)[C@H]2c1ccccc1. The minimum Gasteiger partial charge on any atom is -0.299 e. The normalized spacial score (nSPS) is 31.1. The fourth-order valence-electron chi connectivity index (χ4n) is 3.37. The van der Waals surface area contributed by atoms with Gasteiger partial charge < -0.3 is 0 Å². The van der Waals surface area contributed by atoms with E-state index in [1.807, 2.05) is 30.3 Å². The number of nitrogens with zero attached hydrogens (tertiary/aromatic N) is 2. The number of benzene rings is 1. The summed E-state index contributed by atoms with van der Waals surface area (Å²) in [5, 5.41) is 17.8. The standard InChI is InChI=1S/C16H17N3O/c1-2-3-9-19-14(20)13-12(11-7-5-4-6-8-11)16(13,10-17)15(19)18/h4-8,12-13,18H,2-3,9H2,1H3/t12-,13+,16+/m1/s1. The summed E-state index contributed by atoms with van der Waals surface area (Å²) in [6.07, 6.45) is 1.85. The molecule has 1 saturated heterocycles. The van der Waals surface area contributed by atoms with Gasteiger partial charge in [-0.3, -0.25) is 15.1 Å². The van der Waals surface area contributed by atoms with Crippen molar-refractivity contribution in [2.45, 2.75) is 25.7 Å². The average Bonchev–Trinajstić information content (AvgIpc) is 3.12. The van der Waals surface area contributed by atoms with E-state index in [1.165, 1.54) is 4.90 Å². The Morgan fingerprint density at radius 2 is 2.05 bits per heavy atom. The lowest BCUT2D eigenvalue weighted by atomic mass is 9.99. The quantitative estimate of drug-likeness (QED) is 0.910. The van der Waals surface area contributed by atoms with Crippen LogP contribution in [0.5, 0.6) is 0 Å². The van der Waals surface area contributed by atoms with E-state index in [4.69, 9.17) is 5.41 Å². The molecule has 0 aromatic heterocycles. The Kier molecular flexibility index (Phi) is 2.86. The van der Waals surface area contributed by atoms with E-state index in [0.29, 0.717) is 6.54 Å². The topological polar surface area (TPSA) is 68.0 Å². The van der Waals surface area contributed by atoms with Gasteiger partial charge in [-0.15, -0.1) is 0 Å². The van der Waals surface area contributed by atoms with Crippen LogP contribution in [-0.2, 0) is 4.79 Å². The third-order valence-corrected chi connectivity index (χ3v) is 4.48. The fraction of sp³-hybridized carbons (Fsp3) is 0.438. The molecule has 20 heavy (non-hydrogen) atoms. The molecular weight excluding hydrogens is 250 g/mol. The molecule has 1 N–H and O–H groups in total. The number of rotatable bonds is 4. The highest BCUT2D eigenvalue weighted by molar-refractivity contribution is 6.16. The smallest absolute Gasteiger partial charge is 0.233 e. The zero-order valence-electron chi connectivity index (χ0n) is 11.5. The maximum absolute atomic E-state index is 12.4. The number of nitriles is 1. The van der Waals surface area contributed by atoms with Crippen LogP contribution in [0.15, 0.2) is 30.3 Å². The molecule has 0 bridgehead atoms. The molecule has 2 aliphatic rings. The van der Waals surface area contributed by atoms with Gasteiger partial charge in [0.25, 0.3) is 0 Å². The number of hydrogen-bond donors (Lipinski definition) is 1. The number of unbranched alkanes of at least 4 members (excludes halogenated alkanes) is 1. The number of hydrogen-bond acceptors (Lipinski definition) is 3. The first kappa shape index (κ1) is 12.9. The number of nitrogens with one attached hydrogen (secondary N) is 1. The maximum atomic E-state index is 12.4. The number of amides is 1. The van der Waals surface area contributed by atoms with Gasteiger partial charge in [0.15, 0.2) is 0 Å². The molecule has 102 valence electrons. The third kappa shape index (κ3) is 1.46. The molecule has 3 atom stereocenters. The van der Waals surface area contributed by atoms with Crippen molar-refractivity contribution in [1.29, 1.82) is 10.7 Å². The monoisotopic (exact) mass is 267 g/mol. The highest BCUT2D eigenvalue weighted by Gasteiger charge is 2.78. The Hall–Kier alpha value is -2.15. The predicted molar refractivity (Wildman–Crippen MR) is 75.1 cm³/mol. The summed E-state index contributed by atoms with van der Waals surface area (Å²) in [5.74, 6) is -0.318. The second kappa shape index (κ2) is 4.45. The molecule has 3 rings (SSSR count). The van der Waals surface area contributed by atoms with Crippen molar-refractivity contribution in [3.8, 4) is 6.07 Å². The zero-order chi connectivity index (χ0) is 14.3. The molecule has 1 aromatic rings. The largest absolute Gasteiger partial charge is 0.299 e. The first-order valence-electron chi connectivity index (χ1n) is 7.05. The molecule has 1 saturated carbocycles. The van der Waals surface area contributed by atoms with Crippen molar-refractivity contribution in [1.82, 2.24) is 4.90 Å². The van der Waals surface area contributed by atoms with Crippen molar-refractivity contribution in [3.63, 3.8) is 0 Å². The maximum Gasteiger partial charge on any atom is 0.233 e. The van der Waals surface area contributed by atoms with Crippen LogP contribution in [0.1, 0.15) is 31.2 Å². The van der Waals surface area contributed by atoms with Gasteiger partial charge in [0.1, 0.15) is 11.3 Å². The highest BCUT2D eigenvalue weighted by Crippen LogP contribution is 2.69. The van der Waals surface area contributed by atoms with Crippen LogP contribution in [0.4, 0.5) is 0 Å². The Bertz CT molecular complexity index is 604. The van der Waals surface area contributed by atoms with Crippen LogP contribution in [0, 0.1) is 28.1 Å². The van der Waals surface area contributed by atoms with E-state index in [1.54, 1.807) is 0 Å². The van der Waals surface area contributed by atoms with Crippen molar-refractivity contribution in [3.05, 3.63) is 35.9 Å². The van der Waals surface area contributed by atoms with Gasteiger partial charge in [-0.25, -0.2) is 0 Å². The molecule has 0 unspecified atom stereocenters. The highest BCUT2D eigenvalue weighted by atomic mass is 16.2. The predicted octanol–water partition coefficient (Wildman–Crippen LogP) is 2.53. The minimum atomic E-state index is -0.911. The van der Waals surface area contributed by atoms with E-state index in [2.05, 4.69) is 13.0 Å². The van der Waals surface area contributed by atoms with E-state index >= 15 is 0 Å². The number of likely N-dealkylation sites (tertiary alicyclic amines) is 1. The molecule has 0 radical (unpaired) electrons.